The molecule has 0 saturated carbocycles. The van der Waals surface area contributed by atoms with Crippen LogP contribution in [0.25, 0.3) is 0 Å². The van der Waals surface area contributed by atoms with Gasteiger partial charge in [0.1, 0.15) is 0 Å². The second kappa shape index (κ2) is 6.08. The molecule has 2 rings (SSSR count). The molecule has 2 unspecified atom stereocenters. The van der Waals surface area contributed by atoms with Crippen LogP contribution in [0.2, 0.25) is 0 Å². The molecule has 1 aliphatic rings. The summed E-state index contributed by atoms with van der Waals surface area (Å²) >= 11 is 1.92. The Morgan fingerprint density at radius 1 is 1.56 bits per heavy atom. The number of hydrogen-bond acceptors (Lipinski definition) is 4. The number of nitrogens with zero attached hydrogens (tertiary/aromatic N) is 2. The highest BCUT2D eigenvalue weighted by Gasteiger charge is 2.27. The zero-order valence-electron chi connectivity index (χ0n) is 11.7. The third-order valence-corrected chi connectivity index (χ3v) is 5.07. The summed E-state index contributed by atoms with van der Waals surface area (Å²) in [7, 11) is 2.03. The number of aromatic nitrogens is 2. The van der Waals surface area contributed by atoms with E-state index in [1.165, 1.54) is 10.6 Å². The van der Waals surface area contributed by atoms with Gasteiger partial charge in [0.15, 0.2) is 0 Å². The molecule has 2 atom stereocenters. The monoisotopic (exact) mass is 269 g/mol. The lowest BCUT2D eigenvalue weighted by molar-refractivity contribution is 0.127. The number of aryl methyl sites for hydroxylation is 2. The van der Waals surface area contributed by atoms with Crippen molar-refractivity contribution in [2.45, 2.75) is 50.1 Å². The Balaban J connectivity index is 2.14. The molecule has 1 aromatic heterocycles. The van der Waals surface area contributed by atoms with Crippen molar-refractivity contribution >= 4 is 11.8 Å². The third kappa shape index (κ3) is 2.90. The molecule has 0 aromatic carbocycles. The Morgan fingerprint density at radius 3 is 2.94 bits per heavy atom. The van der Waals surface area contributed by atoms with E-state index in [0.717, 1.165) is 31.8 Å². The van der Waals surface area contributed by atoms with Crippen molar-refractivity contribution in [1.29, 1.82) is 0 Å². The minimum atomic E-state index is 0.345. The summed E-state index contributed by atoms with van der Waals surface area (Å²) in [5.41, 5.74) is 2.47. The molecule has 0 amide bonds. The first kappa shape index (κ1) is 13.9. The van der Waals surface area contributed by atoms with Gasteiger partial charge in [-0.25, -0.2) is 0 Å². The van der Waals surface area contributed by atoms with Crippen LogP contribution in [-0.4, -0.2) is 34.3 Å². The van der Waals surface area contributed by atoms with Gasteiger partial charge in [-0.1, -0.05) is 6.92 Å². The fourth-order valence-corrected chi connectivity index (χ4v) is 3.62. The first-order valence-corrected chi connectivity index (χ1v) is 7.52. The van der Waals surface area contributed by atoms with Crippen molar-refractivity contribution in [3.05, 3.63) is 11.3 Å². The summed E-state index contributed by atoms with van der Waals surface area (Å²) in [5.74, 6) is 0. The van der Waals surface area contributed by atoms with E-state index in [9.17, 15) is 0 Å². The van der Waals surface area contributed by atoms with E-state index < -0.39 is 0 Å². The number of ether oxygens (including phenoxy) is 1. The maximum atomic E-state index is 5.64. The third-order valence-electron chi connectivity index (χ3n) is 3.41. The van der Waals surface area contributed by atoms with Gasteiger partial charge in [0.05, 0.1) is 16.8 Å². The Bertz CT molecular complexity index is 405. The van der Waals surface area contributed by atoms with Gasteiger partial charge in [-0.05, 0) is 26.8 Å². The van der Waals surface area contributed by atoms with Gasteiger partial charge in [0, 0.05) is 31.0 Å². The number of rotatable bonds is 5. The molecule has 0 bridgehead atoms. The molecule has 1 aromatic rings. The average Bonchev–Trinajstić information content (AvgIpc) is 2.84. The van der Waals surface area contributed by atoms with Crippen LogP contribution in [0.5, 0.6) is 0 Å². The summed E-state index contributed by atoms with van der Waals surface area (Å²) in [6.45, 7) is 9.16. The van der Waals surface area contributed by atoms with E-state index in [0.29, 0.717) is 11.4 Å². The van der Waals surface area contributed by atoms with Crippen LogP contribution in [-0.2, 0) is 18.3 Å². The minimum Gasteiger partial charge on any atom is -0.377 e. The lowest BCUT2D eigenvalue weighted by Crippen LogP contribution is -2.16. The van der Waals surface area contributed by atoms with E-state index in [-0.39, 0.29) is 0 Å². The van der Waals surface area contributed by atoms with Gasteiger partial charge in [0.25, 0.3) is 0 Å². The van der Waals surface area contributed by atoms with E-state index in [1.807, 2.05) is 23.5 Å². The summed E-state index contributed by atoms with van der Waals surface area (Å²) < 4.78 is 7.65. The van der Waals surface area contributed by atoms with Gasteiger partial charge in [0.2, 0.25) is 0 Å². The smallest absolute Gasteiger partial charge is 0.0988 e. The van der Waals surface area contributed by atoms with Gasteiger partial charge < -0.3 is 10.1 Å². The SMILES string of the molecule is CCNCc1c(C)nn(C)c1SC1CCOC1C. The van der Waals surface area contributed by atoms with Gasteiger partial charge in [-0.3, -0.25) is 4.68 Å². The zero-order valence-corrected chi connectivity index (χ0v) is 12.5. The van der Waals surface area contributed by atoms with E-state index >= 15 is 0 Å². The van der Waals surface area contributed by atoms with E-state index in [1.54, 1.807) is 0 Å². The number of thioether (sulfide) groups is 1. The summed E-state index contributed by atoms with van der Waals surface area (Å²) in [6.07, 6.45) is 1.48. The van der Waals surface area contributed by atoms with E-state index in [2.05, 4.69) is 31.2 Å². The van der Waals surface area contributed by atoms with Crippen molar-refractivity contribution in [3.8, 4) is 0 Å². The molecular formula is C13H23N3OS. The Kier molecular flexibility index (Phi) is 4.70. The van der Waals surface area contributed by atoms with Gasteiger partial charge >= 0.3 is 0 Å². The van der Waals surface area contributed by atoms with Crippen molar-refractivity contribution in [1.82, 2.24) is 15.1 Å². The van der Waals surface area contributed by atoms with Crippen molar-refractivity contribution in [2.24, 2.45) is 7.05 Å². The molecule has 1 aliphatic heterocycles. The van der Waals surface area contributed by atoms with Crippen LogP contribution in [0.15, 0.2) is 5.03 Å². The second-order valence-corrected chi connectivity index (χ2v) is 6.02. The highest BCUT2D eigenvalue weighted by Crippen LogP contribution is 2.35. The van der Waals surface area contributed by atoms with Gasteiger partial charge in [-0.2, -0.15) is 5.10 Å². The highest BCUT2D eigenvalue weighted by molar-refractivity contribution is 8.00. The fraction of sp³-hybridized carbons (Fsp3) is 0.769. The Labute approximate surface area is 113 Å². The number of hydrogen-bond donors (Lipinski definition) is 1. The minimum absolute atomic E-state index is 0.345. The van der Waals surface area contributed by atoms with Crippen LogP contribution in [0.4, 0.5) is 0 Å². The number of nitrogens with one attached hydrogen (secondary N) is 1. The lowest BCUT2D eigenvalue weighted by Gasteiger charge is -2.15. The predicted molar refractivity (Wildman–Crippen MR) is 75.0 cm³/mol. The fourth-order valence-electron chi connectivity index (χ4n) is 2.29. The van der Waals surface area contributed by atoms with Crippen molar-refractivity contribution < 1.29 is 4.74 Å². The Morgan fingerprint density at radius 2 is 2.33 bits per heavy atom. The molecule has 1 fully saturated rings. The maximum absolute atomic E-state index is 5.64. The molecule has 18 heavy (non-hydrogen) atoms. The van der Waals surface area contributed by atoms with Crippen LogP contribution >= 0.6 is 11.8 Å². The van der Waals surface area contributed by atoms with Crippen molar-refractivity contribution in [2.75, 3.05) is 13.2 Å². The molecule has 2 heterocycles. The van der Waals surface area contributed by atoms with Gasteiger partial charge in [-0.15, -0.1) is 11.8 Å². The molecule has 0 radical (unpaired) electrons. The first-order chi connectivity index (χ1) is 8.63. The molecule has 102 valence electrons. The lowest BCUT2D eigenvalue weighted by atomic mass is 10.2. The van der Waals surface area contributed by atoms with Crippen LogP contribution in [0.3, 0.4) is 0 Å². The molecule has 1 saturated heterocycles. The molecule has 1 N–H and O–H groups in total. The van der Waals surface area contributed by atoms with Crippen molar-refractivity contribution in [3.63, 3.8) is 0 Å². The molecule has 0 spiro atoms. The summed E-state index contributed by atoms with van der Waals surface area (Å²) in [5, 5.41) is 9.79. The standard InChI is InChI=1S/C13H23N3OS/c1-5-14-8-11-9(2)15-16(4)13(11)18-12-6-7-17-10(12)3/h10,12,14H,5-8H2,1-4H3. The first-order valence-electron chi connectivity index (χ1n) is 6.65. The molecular weight excluding hydrogens is 246 g/mol. The maximum Gasteiger partial charge on any atom is 0.0988 e. The van der Waals surface area contributed by atoms with Crippen LogP contribution in [0, 0.1) is 6.92 Å². The average molecular weight is 269 g/mol. The summed E-state index contributed by atoms with van der Waals surface area (Å²) in [4.78, 5) is 0. The largest absolute Gasteiger partial charge is 0.377 e. The Hall–Kier alpha value is -0.520. The highest BCUT2D eigenvalue weighted by atomic mass is 32.2. The predicted octanol–water partition coefficient (Wildman–Crippen LogP) is 2.11. The van der Waals surface area contributed by atoms with Crippen LogP contribution < -0.4 is 5.32 Å². The topological polar surface area (TPSA) is 39.1 Å². The molecule has 4 nitrogen and oxygen atoms in total. The second-order valence-electron chi connectivity index (χ2n) is 4.79. The molecule has 5 heteroatoms. The summed E-state index contributed by atoms with van der Waals surface area (Å²) in [6, 6.07) is 0. The van der Waals surface area contributed by atoms with Crippen LogP contribution in [0.1, 0.15) is 31.5 Å². The zero-order chi connectivity index (χ0) is 13.1. The quantitative estimate of drug-likeness (QED) is 0.888. The normalized spacial score (nSPS) is 23.8. The van der Waals surface area contributed by atoms with E-state index in [4.69, 9.17) is 4.74 Å². The molecule has 0 aliphatic carbocycles.